The van der Waals surface area contributed by atoms with Gasteiger partial charge in [-0.1, -0.05) is 0 Å². The summed E-state index contributed by atoms with van der Waals surface area (Å²) in [6.07, 6.45) is 4.95. The second-order valence-corrected chi connectivity index (χ2v) is 3.97. The van der Waals surface area contributed by atoms with E-state index in [1.165, 1.54) is 15.8 Å². The minimum absolute atomic E-state index is 0.369. The summed E-state index contributed by atoms with van der Waals surface area (Å²) in [5.74, 6) is 0.533. The number of cyclic esters (lactones) is 1. The summed E-state index contributed by atoms with van der Waals surface area (Å²) in [7, 11) is 0. The fourth-order valence-electron chi connectivity index (χ4n) is 1.85. The van der Waals surface area contributed by atoms with Gasteiger partial charge in [0.05, 0.1) is 24.0 Å². The van der Waals surface area contributed by atoms with E-state index >= 15 is 0 Å². The molecule has 2 aromatic rings. The Labute approximate surface area is 108 Å². The molecule has 1 aliphatic heterocycles. The molecule has 1 amide bonds. The van der Waals surface area contributed by atoms with Gasteiger partial charge in [-0.25, -0.2) is 14.5 Å². The zero-order valence-electron chi connectivity index (χ0n) is 9.89. The maximum Gasteiger partial charge on any atom is 0.414 e. The van der Waals surface area contributed by atoms with Gasteiger partial charge in [-0.2, -0.15) is 5.10 Å². The van der Waals surface area contributed by atoms with Crippen LogP contribution in [0.5, 0.6) is 0 Å². The SMILES string of the molecule is O=Cc1cnn(-c2cc(N3CCOC3=O)ccn2)c1. The summed E-state index contributed by atoms with van der Waals surface area (Å²) in [5, 5.41) is 4.03. The standard InChI is InChI=1S/C12H10N4O3/c17-8-9-6-14-16(7-9)11-5-10(1-2-13-11)15-3-4-19-12(15)18/h1-2,5-8H,3-4H2. The molecule has 1 aliphatic rings. The van der Waals surface area contributed by atoms with Crippen LogP contribution >= 0.6 is 0 Å². The van der Waals surface area contributed by atoms with Gasteiger partial charge in [0.2, 0.25) is 0 Å². The van der Waals surface area contributed by atoms with E-state index in [4.69, 9.17) is 4.74 Å². The molecule has 0 bridgehead atoms. The van der Waals surface area contributed by atoms with Crippen molar-refractivity contribution < 1.29 is 14.3 Å². The zero-order valence-corrected chi connectivity index (χ0v) is 9.89. The summed E-state index contributed by atoms with van der Waals surface area (Å²) in [6, 6.07) is 3.44. The minimum Gasteiger partial charge on any atom is -0.447 e. The maximum atomic E-state index is 11.5. The summed E-state index contributed by atoms with van der Waals surface area (Å²) < 4.78 is 6.37. The van der Waals surface area contributed by atoms with Crippen molar-refractivity contribution in [3.8, 4) is 5.82 Å². The fraction of sp³-hybridized carbons (Fsp3) is 0.167. The number of aromatic nitrogens is 3. The highest BCUT2D eigenvalue weighted by atomic mass is 16.6. The molecular formula is C12H10N4O3. The Morgan fingerprint density at radius 1 is 1.42 bits per heavy atom. The topological polar surface area (TPSA) is 77.3 Å². The number of carbonyl (C=O) groups excluding carboxylic acids is 2. The zero-order chi connectivity index (χ0) is 13.2. The molecule has 2 aromatic heterocycles. The third kappa shape index (κ3) is 2.05. The molecule has 96 valence electrons. The predicted molar refractivity (Wildman–Crippen MR) is 65.4 cm³/mol. The molecule has 3 heterocycles. The quantitative estimate of drug-likeness (QED) is 0.768. The molecule has 3 rings (SSSR count). The smallest absolute Gasteiger partial charge is 0.414 e. The summed E-state index contributed by atoms with van der Waals surface area (Å²) >= 11 is 0. The molecule has 19 heavy (non-hydrogen) atoms. The van der Waals surface area contributed by atoms with E-state index in [2.05, 4.69) is 10.1 Å². The molecule has 0 radical (unpaired) electrons. The largest absolute Gasteiger partial charge is 0.447 e. The highest BCUT2D eigenvalue weighted by Gasteiger charge is 2.23. The summed E-state index contributed by atoms with van der Waals surface area (Å²) in [4.78, 5) is 27.8. The fourth-order valence-corrected chi connectivity index (χ4v) is 1.85. The van der Waals surface area contributed by atoms with Crippen LogP contribution in [0.2, 0.25) is 0 Å². The van der Waals surface area contributed by atoms with Crippen LogP contribution in [0.25, 0.3) is 5.82 Å². The molecule has 0 aromatic carbocycles. The van der Waals surface area contributed by atoms with Crippen molar-refractivity contribution in [2.24, 2.45) is 0 Å². The van der Waals surface area contributed by atoms with Gasteiger partial charge in [-0.05, 0) is 6.07 Å². The number of pyridine rings is 1. The molecule has 1 fully saturated rings. The average molecular weight is 258 g/mol. The van der Waals surface area contributed by atoms with E-state index in [0.29, 0.717) is 36.5 Å². The number of carbonyl (C=O) groups is 2. The van der Waals surface area contributed by atoms with E-state index in [1.54, 1.807) is 24.5 Å². The first-order valence-corrected chi connectivity index (χ1v) is 5.68. The number of aldehydes is 1. The lowest BCUT2D eigenvalue weighted by atomic mass is 10.3. The van der Waals surface area contributed by atoms with Crippen molar-refractivity contribution in [2.45, 2.75) is 0 Å². The van der Waals surface area contributed by atoms with Gasteiger partial charge < -0.3 is 4.74 Å². The molecular weight excluding hydrogens is 248 g/mol. The number of rotatable bonds is 3. The van der Waals surface area contributed by atoms with Crippen molar-refractivity contribution in [1.82, 2.24) is 14.8 Å². The molecule has 7 heteroatoms. The van der Waals surface area contributed by atoms with E-state index in [-0.39, 0.29) is 6.09 Å². The molecule has 0 saturated carbocycles. The average Bonchev–Trinajstić information content (AvgIpc) is 3.07. The molecule has 1 saturated heterocycles. The van der Waals surface area contributed by atoms with Crippen LogP contribution in [0.15, 0.2) is 30.7 Å². The third-order valence-corrected chi connectivity index (χ3v) is 2.77. The molecule has 0 N–H and O–H groups in total. The van der Waals surface area contributed by atoms with Crippen molar-refractivity contribution in [3.63, 3.8) is 0 Å². The van der Waals surface area contributed by atoms with Crippen LogP contribution in [-0.4, -0.2) is 40.3 Å². The first kappa shape index (κ1) is 11.4. The lowest BCUT2D eigenvalue weighted by Gasteiger charge is -2.13. The van der Waals surface area contributed by atoms with E-state index in [0.717, 1.165) is 0 Å². The van der Waals surface area contributed by atoms with Gasteiger partial charge in [-0.3, -0.25) is 9.69 Å². The molecule has 0 atom stereocenters. The Morgan fingerprint density at radius 3 is 3.00 bits per heavy atom. The highest BCUT2D eigenvalue weighted by molar-refractivity contribution is 5.89. The van der Waals surface area contributed by atoms with Crippen LogP contribution in [-0.2, 0) is 4.74 Å². The molecule has 7 nitrogen and oxygen atoms in total. The van der Waals surface area contributed by atoms with Gasteiger partial charge in [-0.15, -0.1) is 0 Å². The van der Waals surface area contributed by atoms with Crippen LogP contribution in [0.1, 0.15) is 10.4 Å². The third-order valence-electron chi connectivity index (χ3n) is 2.77. The van der Waals surface area contributed by atoms with Crippen LogP contribution in [0, 0.1) is 0 Å². The highest BCUT2D eigenvalue weighted by Crippen LogP contribution is 2.20. The molecule has 0 unspecified atom stereocenters. The van der Waals surface area contributed by atoms with E-state index in [9.17, 15) is 9.59 Å². The van der Waals surface area contributed by atoms with Crippen LogP contribution in [0.4, 0.5) is 10.5 Å². The van der Waals surface area contributed by atoms with Crippen molar-refractivity contribution in [3.05, 3.63) is 36.3 Å². The Balaban J connectivity index is 1.95. The first-order chi connectivity index (χ1) is 9.28. The maximum absolute atomic E-state index is 11.5. The Bertz CT molecular complexity index is 637. The second-order valence-electron chi connectivity index (χ2n) is 3.97. The summed E-state index contributed by atoms with van der Waals surface area (Å²) in [6.45, 7) is 0.897. The van der Waals surface area contributed by atoms with Crippen molar-refractivity contribution in [2.75, 3.05) is 18.1 Å². The van der Waals surface area contributed by atoms with Gasteiger partial charge in [0.1, 0.15) is 6.61 Å². The monoisotopic (exact) mass is 258 g/mol. The van der Waals surface area contributed by atoms with Crippen molar-refractivity contribution >= 4 is 18.1 Å². The number of ether oxygens (including phenoxy) is 1. The van der Waals surface area contributed by atoms with Gasteiger partial charge in [0, 0.05) is 18.5 Å². The van der Waals surface area contributed by atoms with E-state index in [1.807, 2.05) is 0 Å². The van der Waals surface area contributed by atoms with Crippen LogP contribution < -0.4 is 4.90 Å². The van der Waals surface area contributed by atoms with Crippen molar-refractivity contribution in [1.29, 1.82) is 0 Å². The lowest BCUT2D eigenvalue weighted by molar-refractivity contribution is 0.112. The van der Waals surface area contributed by atoms with Gasteiger partial charge in [0.25, 0.3) is 0 Å². The normalized spacial score (nSPS) is 14.5. The van der Waals surface area contributed by atoms with E-state index < -0.39 is 0 Å². The number of hydrogen-bond acceptors (Lipinski definition) is 5. The predicted octanol–water partition coefficient (Wildman–Crippen LogP) is 1.04. The Hall–Kier alpha value is -2.70. The summed E-state index contributed by atoms with van der Waals surface area (Å²) in [5.41, 5.74) is 1.16. The Morgan fingerprint density at radius 2 is 2.32 bits per heavy atom. The molecule has 0 aliphatic carbocycles. The number of anilines is 1. The molecule has 0 spiro atoms. The first-order valence-electron chi connectivity index (χ1n) is 5.68. The minimum atomic E-state index is -0.369. The second kappa shape index (κ2) is 4.52. The van der Waals surface area contributed by atoms with Gasteiger partial charge in [0.15, 0.2) is 12.1 Å². The van der Waals surface area contributed by atoms with Gasteiger partial charge >= 0.3 is 6.09 Å². The number of amides is 1. The Kier molecular flexibility index (Phi) is 2.71. The number of nitrogens with zero attached hydrogens (tertiary/aromatic N) is 4. The lowest BCUT2D eigenvalue weighted by Crippen LogP contribution is -2.23. The van der Waals surface area contributed by atoms with Crippen LogP contribution in [0.3, 0.4) is 0 Å². The number of hydrogen-bond donors (Lipinski definition) is 0.